The zero-order valence-electron chi connectivity index (χ0n) is 7.95. The van der Waals surface area contributed by atoms with Crippen molar-refractivity contribution in [2.75, 3.05) is 26.2 Å². The van der Waals surface area contributed by atoms with Gasteiger partial charge in [0.2, 0.25) is 5.96 Å². The van der Waals surface area contributed by atoms with Crippen LogP contribution in [0.2, 0.25) is 0 Å². The fourth-order valence-corrected chi connectivity index (χ4v) is 1.49. The third kappa shape index (κ3) is 1.60. The highest BCUT2D eigenvalue weighted by Crippen LogP contribution is 2.07. The molecule has 1 aliphatic rings. The molecule has 0 aromatic rings. The Morgan fingerprint density at radius 2 is 1.83 bits per heavy atom. The Balaban J connectivity index is 2.72. The number of guanidine groups is 1. The molecule has 68 valence electrons. The quantitative estimate of drug-likeness (QED) is 0.628. The van der Waals surface area contributed by atoms with Gasteiger partial charge in [-0.05, 0) is 13.8 Å². The highest BCUT2D eigenvalue weighted by Gasteiger charge is 2.22. The van der Waals surface area contributed by atoms with E-state index in [4.69, 9.17) is 0 Å². The third-order valence-corrected chi connectivity index (χ3v) is 2.18. The minimum absolute atomic E-state index is 1.03. The monoisotopic (exact) mass is 167 g/mol. The molecule has 0 unspecified atom stereocenters. The molecule has 0 amide bonds. The van der Waals surface area contributed by atoms with E-state index in [2.05, 4.69) is 35.2 Å². The minimum Gasteiger partial charge on any atom is -0.341 e. The first-order valence-corrected chi connectivity index (χ1v) is 4.52. The van der Waals surface area contributed by atoms with Crippen LogP contribution < -0.4 is 0 Å². The van der Waals surface area contributed by atoms with Crippen LogP contribution in [0.5, 0.6) is 0 Å². The lowest BCUT2D eigenvalue weighted by Gasteiger charge is -2.19. The molecular weight excluding hydrogens is 150 g/mol. The van der Waals surface area contributed by atoms with Crippen LogP contribution in [0, 0.1) is 0 Å². The normalized spacial score (nSPS) is 17.0. The van der Waals surface area contributed by atoms with Gasteiger partial charge < -0.3 is 9.80 Å². The van der Waals surface area contributed by atoms with Crippen molar-refractivity contribution in [1.82, 2.24) is 9.80 Å². The first-order valence-electron chi connectivity index (χ1n) is 4.52. The molecule has 1 aliphatic heterocycles. The maximum absolute atomic E-state index is 4.26. The predicted octanol–water partition coefficient (Wildman–Crippen LogP) is 1.14. The molecule has 0 saturated carbocycles. The smallest absolute Gasteiger partial charge is 0.201 e. The van der Waals surface area contributed by atoms with Crippen LogP contribution in [-0.4, -0.2) is 41.9 Å². The van der Waals surface area contributed by atoms with E-state index in [9.17, 15) is 0 Å². The van der Waals surface area contributed by atoms with Crippen LogP contribution in [0.15, 0.2) is 17.8 Å². The van der Waals surface area contributed by atoms with Crippen molar-refractivity contribution in [2.24, 2.45) is 4.99 Å². The fraction of sp³-hybridized carbons (Fsp3) is 0.667. The lowest BCUT2D eigenvalue weighted by atomic mass is 10.6. The SMILES string of the molecule is C=CN=C1N(CC)CCN1CC. The van der Waals surface area contributed by atoms with Gasteiger partial charge in [-0.3, -0.25) is 0 Å². The molecule has 0 spiro atoms. The lowest BCUT2D eigenvalue weighted by Crippen LogP contribution is -2.33. The number of likely N-dealkylation sites (N-methyl/N-ethyl adjacent to an activating group) is 2. The maximum atomic E-state index is 4.26. The van der Waals surface area contributed by atoms with Crippen molar-refractivity contribution in [3.8, 4) is 0 Å². The van der Waals surface area contributed by atoms with E-state index in [-0.39, 0.29) is 0 Å². The molecule has 0 aromatic carbocycles. The van der Waals surface area contributed by atoms with E-state index < -0.39 is 0 Å². The fourth-order valence-electron chi connectivity index (χ4n) is 1.49. The van der Waals surface area contributed by atoms with E-state index in [1.165, 1.54) is 0 Å². The summed E-state index contributed by atoms with van der Waals surface area (Å²) in [6.07, 6.45) is 1.62. The highest BCUT2D eigenvalue weighted by molar-refractivity contribution is 5.82. The van der Waals surface area contributed by atoms with Crippen LogP contribution in [0.4, 0.5) is 0 Å². The lowest BCUT2D eigenvalue weighted by molar-refractivity contribution is 0.486. The summed E-state index contributed by atoms with van der Waals surface area (Å²) in [6.45, 7) is 12.2. The van der Waals surface area contributed by atoms with Gasteiger partial charge >= 0.3 is 0 Å². The maximum Gasteiger partial charge on any atom is 0.201 e. The number of rotatable bonds is 3. The molecule has 0 aliphatic carbocycles. The molecule has 0 bridgehead atoms. The Labute approximate surface area is 74.4 Å². The van der Waals surface area contributed by atoms with Crippen LogP contribution in [0.1, 0.15) is 13.8 Å². The Hall–Kier alpha value is -0.990. The summed E-state index contributed by atoms with van der Waals surface area (Å²) in [7, 11) is 0. The summed E-state index contributed by atoms with van der Waals surface area (Å²) in [6, 6.07) is 0. The summed E-state index contributed by atoms with van der Waals surface area (Å²) < 4.78 is 0. The molecule has 1 heterocycles. The van der Waals surface area contributed by atoms with Crippen molar-refractivity contribution in [2.45, 2.75) is 13.8 Å². The molecule has 0 aromatic heterocycles. The summed E-state index contributed by atoms with van der Waals surface area (Å²) in [5, 5.41) is 0. The van der Waals surface area contributed by atoms with E-state index >= 15 is 0 Å². The van der Waals surface area contributed by atoms with E-state index in [0.29, 0.717) is 0 Å². The van der Waals surface area contributed by atoms with Gasteiger partial charge in [-0.25, -0.2) is 4.99 Å². The second-order valence-electron chi connectivity index (χ2n) is 2.77. The molecule has 0 radical (unpaired) electrons. The molecule has 1 rings (SSSR count). The van der Waals surface area contributed by atoms with Crippen molar-refractivity contribution < 1.29 is 0 Å². The Kier molecular flexibility index (Phi) is 3.14. The molecule has 3 heteroatoms. The summed E-state index contributed by atoms with van der Waals surface area (Å²) >= 11 is 0. The second kappa shape index (κ2) is 4.14. The van der Waals surface area contributed by atoms with Gasteiger partial charge in [0.25, 0.3) is 0 Å². The van der Waals surface area contributed by atoms with E-state index in [1.54, 1.807) is 6.20 Å². The second-order valence-corrected chi connectivity index (χ2v) is 2.77. The summed E-state index contributed by atoms with van der Waals surface area (Å²) in [5.74, 6) is 1.08. The number of hydrogen-bond acceptors (Lipinski definition) is 1. The van der Waals surface area contributed by atoms with E-state index in [0.717, 1.165) is 32.1 Å². The zero-order chi connectivity index (χ0) is 8.97. The first-order chi connectivity index (χ1) is 5.83. The van der Waals surface area contributed by atoms with Gasteiger partial charge in [-0.15, -0.1) is 0 Å². The van der Waals surface area contributed by atoms with Crippen molar-refractivity contribution in [3.63, 3.8) is 0 Å². The van der Waals surface area contributed by atoms with Crippen LogP contribution >= 0.6 is 0 Å². The number of nitrogens with zero attached hydrogens (tertiary/aromatic N) is 3. The van der Waals surface area contributed by atoms with Gasteiger partial charge in [-0.1, -0.05) is 6.58 Å². The highest BCUT2D eigenvalue weighted by atomic mass is 15.4. The first kappa shape index (κ1) is 9.10. The predicted molar refractivity (Wildman–Crippen MR) is 52.1 cm³/mol. The molecule has 0 N–H and O–H groups in total. The summed E-state index contributed by atoms with van der Waals surface area (Å²) in [5.41, 5.74) is 0. The van der Waals surface area contributed by atoms with E-state index in [1.807, 2.05) is 0 Å². The van der Waals surface area contributed by atoms with Crippen LogP contribution in [-0.2, 0) is 0 Å². The van der Waals surface area contributed by atoms with Gasteiger partial charge in [0.15, 0.2) is 0 Å². The van der Waals surface area contributed by atoms with Gasteiger partial charge in [0.1, 0.15) is 0 Å². The number of hydrogen-bond donors (Lipinski definition) is 0. The molecular formula is C9H17N3. The van der Waals surface area contributed by atoms with Gasteiger partial charge in [-0.2, -0.15) is 0 Å². The van der Waals surface area contributed by atoms with Gasteiger partial charge in [0, 0.05) is 32.4 Å². The van der Waals surface area contributed by atoms with Crippen LogP contribution in [0.3, 0.4) is 0 Å². The van der Waals surface area contributed by atoms with Gasteiger partial charge in [0.05, 0.1) is 0 Å². The Morgan fingerprint density at radius 3 is 2.17 bits per heavy atom. The molecule has 0 atom stereocenters. The summed E-state index contributed by atoms with van der Waals surface area (Å²) in [4.78, 5) is 8.80. The van der Waals surface area contributed by atoms with Crippen molar-refractivity contribution in [3.05, 3.63) is 12.8 Å². The third-order valence-electron chi connectivity index (χ3n) is 2.18. The van der Waals surface area contributed by atoms with Crippen LogP contribution in [0.25, 0.3) is 0 Å². The number of aliphatic imine (C=N–C) groups is 1. The molecule has 1 saturated heterocycles. The minimum atomic E-state index is 1.03. The zero-order valence-corrected chi connectivity index (χ0v) is 7.95. The largest absolute Gasteiger partial charge is 0.341 e. The average Bonchev–Trinajstić information content (AvgIpc) is 2.48. The molecule has 3 nitrogen and oxygen atoms in total. The topological polar surface area (TPSA) is 18.8 Å². The van der Waals surface area contributed by atoms with Crippen molar-refractivity contribution >= 4 is 5.96 Å². The molecule has 12 heavy (non-hydrogen) atoms. The Morgan fingerprint density at radius 1 is 1.33 bits per heavy atom. The Bertz CT molecular complexity index is 172. The molecule has 1 fully saturated rings. The van der Waals surface area contributed by atoms with Crippen molar-refractivity contribution in [1.29, 1.82) is 0 Å². The standard InChI is InChI=1S/C9H17N3/c1-4-10-9-11(5-2)7-8-12(9)6-3/h4H,1,5-8H2,2-3H3. The average molecular weight is 167 g/mol.